The van der Waals surface area contributed by atoms with Crippen LogP contribution in [0.1, 0.15) is 20.3 Å². The lowest BCUT2D eigenvalue weighted by Crippen LogP contribution is -2.40. The van der Waals surface area contributed by atoms with E-state index in [0.29, 0.717) is 0 Å². The average Bonchev–Trinajstić information content (AvgIpc) is 2.37. The molecule has 1 aromatic rings. The Balaban J connectivity index is 2.82. The van der Waals surface area contributed by atoms with Gasteiger partial charge in [-0.3, -0.25) is 4.79 Å². The van der Waals surface area contributed by atoms with Crippen LogP contribution in [-0.2, 0) is 4.79 Å². The van der Waals surface area contributed by atoms with Gasteiger partial charge < -0.3 is 16.0 Å². The molecule has 0 aliphatic heterocycles. The van der Waals surface area contributed by atoms with Gasteiger partial charge in [-0.25, -0.2) is 0 Å². The second-order valence-corrected chi connectivity index (χ2v) is 4.81. The third kappa shape index (κ3) is 3.47. The highest BCUT2D eigenvalue weighted by atomic mass is 16.2. The number of carbonyl (C=O) groups is 1. The lowest BCUT2D eigenvalue weighted by molar-refractivity contribution is -0.118. The number of amides is 1. The normalized spacial score (nSPS) is 13.8. The summed E-state index contributed by atoms with van der Waals surface area (Å²) >= 11 is 0. The first-order valence-electron chi connectivity index (χ1n) is 6.30. The van der Waals surface area contributed by atoms with E-state index in [-0.39, 0.29) is 11.8 Å². The van der Waals surface area contributed by atoms with Crippen molar-refractivity contribution in [1.29, 1.82) is 0 Å². The van der Waals surface area contributed by atoms with Crippen molar-refractivity contribution < 1.29 is 4.79 Å². The summed E-state index contributed by atoms with van der Waals surface area (Å²) in [6.07, 6.45) is 0.893. The smallest absolute Gasteiger partial charge is 0.241 e. The van der Waals surface area contributed by atoms with Crippen LogP contribution in [0.15, 0.2) is 24.3 Å². The van der Waals surface area contributed by atoms with Gasteiger partial charge in [-0.2, -0.15) is 0 Å². The Hall–Kier alpha value is -1.55. The predicted octanol–water partition coefficient (Wildman–Crippen LogP) is 2.06. The first-order chi connectivity index (χ1) is 8.47. The molecule has 0 heterocycles. The van der Waals surface area contributed by atoms with Crippen molar-refractivity contribution in [1.82, 2.24) is 0 Å². The molecule has 4 nitrogen and oxygen atoms in total. The highest BCUT2D eigenvalue weighted by Gasteiger charge is 2.20. The maximum absolute atomic E-state index is 12.0. The summed E-state index contributed by atoms with van der Waals surface area (Å²) in [6.45, 7) is 4.02. The molecule has 0 spiro atoms. The lowest BCUT2D eigenvalue weighted by atomic mass is 9.99. The van der Waals surface area contributed by atoms with Crippen molar-refractivity contribution >= 4 is 17.3 Å². The number of anilines is 2. The maximum atomic E-state index is 12.0. The van der Waals surface area contributed by atoms with Crippen molar-refractivity contribution in [3.05, 3.63) is 24.3 Å². The molecule has 4 heteroatoms. The molecule has 0 saturated carbocycles. The molecule has 0 radical (unpaired) electrons. The Bertz CT molecular complexity index is 404. The minimum Gasteiger partial charge on any atom is -0.376 e. The van der Waals surface area contributed by atoms with Gasteiger partial charge in [0.2, 0.25) is 5.91 Å². The van der Waals surface area contributed by atoms with Gasteiger partial charge >= 0.3 is 0 Å². The minimum absolute atomic E-state index is 0.126. The first kappa shape index (κ1) is 14.5. The van der Waals surface area contributed by atoms with E-state index in [9.17, 15) is 4.79 Å². The van der Waals surface area contributed by atoms with Crippen molar-refractivity contribution in [3.8, 4) is 0 Å². The Morgan fingerprint density at radius 3 is 2.56 bits per heavy atom. The standard InChI is InChI=1S/C14H23N3O/c1-5-10(2)13(15)14(18)16-11-8-6-7-9-12(11)17(3)4/h6-10,13H,5,15H2,1-4H3,(H,16,18)/t10?,13-/m0/s1. The Morgan fingerprint density at radius 1 is 1.39 bits per heavy atom. The zero-order valence-electron chi connectivity index (χ0n) is 11.6. The summed E-state index contributed by atoms with van der Waals surface area (Å²) < 4.78 is 0. The number of nitrogens with two attached hydrogens (primary N) is 1. The number of benzene rings is 1. The van der Waals surface area contributed by atoms with Crippen LogP contribution in [0.4, 0.5) is 11.4 Å². The zero-order chi connectivity index (χ0) is 13.7. The largest absolute Gasteiger partial charge is 0.376 e. The topological polar surface area (TPSA) is 58.4 Å². The van der Waals surface area contributed by atoms with Gasteiger partial charge in [-0.1, -0.05) is 32.4 Å². The number of para-hydroxylation sites is 2. The van der Waals surface area contributed by atoms with Gasteiger partial charge in [0.15, 0.2) is 0 Å². The van der Waals surface area contributed by atoms with Crippen molar-refractivity contribution in [2.24, 2.45) is 11.7 Å². The molecule has 1 amide bonds. The molecule has 18 heavy (non-hydrogen) atoms. The van der Waals surface area contributed by atoms with E-state index in [1.165, 1.54) is 0 Å². The van der Waals surface area contributed by atoms with E-state index < -0.39 is 6.04 Å². The zero-order valence-corrected chi connectivity index (χ0v) is 11.6. The second kappa shape index (κ2) is 6.40. The van der Waals surface area contributed by atoms with Gasteiger partial charge in [0.1, 0.15) is 0 Å². The lowest BCUT2D eigenvalue weighted by Gasteiger charge is -2.21. The summed E-state index contributed by atoms with van der Waals surface area (Å²) in [5.74, 6) is 0.0511. The third-order valence-corrected chi connectivity index (χ3v) is 3.20. The number of hydrogen-bond donors (Lipinski definition) is 2. The fourth-order valence-corrected chi connectivity index (χ4v) is 1.70. The van der Waals surface area contributed by atoms with E-state index in [1.807, 2.05) is 57.1 Å². The Labute approximate surface area is 109 Å². The number of nitrogens with one attached hydrogen (secondary N) is 1. The molecular formula is C14H23N3O. The molecule has 100 valence electrons. The van der Waals surface area contributed by atoms with Crippen LogP contribution < -0.4 is 16.0 Å². The molecule has 1 rings (SSSR count). The van der Waals surface area contributed by atoms with Crippen LogP contribution in [0.3, 0.4) is 0 Å². The average molecular weight is 249 g/mol. The van der Waals surface area contributed by atoms with Crippen molar-refractivity contribution in [2.75, 3.05) is 24.3 Å². The van der Waals surface area contributed by atoms with E-state index in [2.05, 4.69) is 5.32 Å². The number of nitrogens with zero attached hydrogens (tertiary/aromatic N) is 1. The van der Waals surface area contributed by atoms with Crippen molar-refractivity contribution in [2.45, 2.75) is 26.3 Å². The van der Waals surface area contributed by atoms with Gasteiger partial charge in [-0.05, 0) is 18.1 Å². The van der Waals surface area contributed by atoms with Gasteiger partial charge in [-0.15, -0.1) is 0 Å². The summed E-state index contributed by atoms with van der Waals surface area (Å²) in [5, 5.41) is 2.90. The molecule has 1 aromatic carbocycles. The summed E-state index contributed by atoms with van der Waals surface area (Å²) in [5.41, 5.74) is 7.69. The molecule has 0 bridgehead atoms. The van der Waals surface area contributed by atoms with Gasteiger partial charge in [0.05, 0.1) is 17.4 Å². The summed E-state index contributed by atoms with van der Waals surface area (Å²) in [6, 6.07) is 7.22. The Morgan fingerprint density at radius 2 is 2.00 bits per heavy atom. The highest BCUT2D eigenvalue weighted by Crippen LogP contribution is 2.23. The molecular weight excluding hydrogens is 226 g/mol. The van der Waals surface area contributed by atoms with Crippen molar-refractivity contribution in [3.63, 3.8) is 0 Å². The van der Waals surface area contributed by atoms with Crippen LogP contribution in [0, 0.1) is 5.92 Å². The molecule has 0 fully saturated rings. The summed E-state index contributed by atoms with van der Waals surface area (Å²) in [7, 11) is 3.89. The van der Waals surface area contributed by atoms with E-state index >= 15 is 0 Å². The van der Waals surface area contributed by atoms with Gasteiger partial charge in [0.25, 0.3) is 0 Å². The van der Waals surface area contributed by atoms with E-state index in [4.69, 9.17) is 5.73 Å². The van der Waals surface area contributed by atoms with Crippen LogP contribution in [-0.4, -0.2) is 26.0 Å². The molecule has 0 saturated heterocycles. The van der Waals surface area contributed by atoms with Crippen LogP contribution in [0.5, 0.6) is 0 Å². The first-order valence-corrected chi connectivity index (χ1v) is 6.30. The Kier molecular flexibility index (Phi) is 5.16. The SMILES string of the molecule is CCC(C)[C@H](N)C(=O)Nc1ccccc1N(C)C. The minimum atomic E-state index is -0.467. The molecule has 1 unspecified atom stereocenters. The summed E-state index contributed by atoms with van der Waals surface area (Å²) in [4.78, 5) is 14.0. The van der Waals surface area contributed by atoms with Crippen LogP contribution in [0.25, 0.3) is 0 Å². The molecule has 3 N–H and O–H groups in total. The fraction of sp³-hybridized carbons (Fsp3) is 0.500. The van der Waals surface area contributed by atoms with Gasteiger partial charge in [0, 0.05) is 14.1 Å². The van der Waals surface area contributed by atoms with E-state index in [1.54, 1.807) is 0 Å². The number of hydrogen-bond acceptors (Lipinski definition) is 3. The number of carbonyl (C=O) groups excluding carboxylic acids is 1. The van der Waals surface area contributed by atoms with Crippen LogP contribution >= 0.6 is 0 Å². The number of rotatable bonds is 5. The monoisotopic (exact) mass is 249 g/mol. The second-order valence-electron chi connectivity index (χ2n) is 4.81. The highest BCUT2D eigenvalue weighted by molar-refractivity contribution is 5.97. The predicted molar refractivity (Wildman–Crippen MR) is 76.8 cm³/mol. The fourth-order valence-electron chi connectivity index (χ4n) is 1.70. The van der Waals surface area contributed by atoms with Crippen LogP contribution in [0.2, 0.25) is 0 Å². The molecule has 0 aliphatic carbocycles. The molecule has 0 aliphatic rings. The van der Waals surface area contributed by atoms with E-state index in [0.717, 1.165) is 17.8 Å². The molecule has 2 atom stereocenters. The third-order valence-electron chi connectivity index (χ3n) is 3.20. The molecule has 0 aromatic heterocycles. The maximum Gasteiger partial charge on any atom is 0.241 e. The quantitative estimate of drug-likeness (QED) is 0.840.